The van der Waals surface area contributed by atoms with E-state index in [0.717, 1.165) is 11.0 Å². The van der Waals surface area contributed by atoms with Gasteiger partial charge < -0.3 is 30.4 Å². The fourth-order valence-electron chi connectivity index (χ4n) is 2.22. The molecule has 0 aliphatic rings. The van der Waals surface area contributed by atoms with Crippen LogP contribution in [0.4, 0.5) is 24.5 Å². The van der Waals surface area contributed by atoms with E-state index in [1.807, 2.05) is 0 Å². The number of likely N-dealkylation sites (N-methyl/N-ethyl adjacent to an activating group) is 1. The highest BCUT2D eigenvalue weighted by atomic mass is 19.4. The zero-order valence-electron chi connectivity index (χ0n) is 13.5. The Morgan fingerprint density at radius 3 is 2.15 bits per heavy atom. The standard InChI is InChI=1S/C14H19F3N2O7/c1-18(5-10(21)12(23)13(24)11(22)6-20)8-3-2-7(14(15,16)17)4-9(8)19(25)26/h2-4,10-13,20-24H,5-6H2,1H3/t10-,11-,12-,13-/m0/s1. The van der Waals surface area contributed by atoms with Crippen molar-refractivity contribution < 1.29 is 43.6 Å². The van der Waals surface area contributed by atoms with Crippen molar-refractivity contribution in [2.75, 3.05) is 25.1 Å². The van der Waals surface area contributed by atoms with Crippen LogP contribution in [-0.4, -0.2) is 75.1 Å². The number of nitrogens with zero attached hydrogens (tertiary/aromatic N) is 2. The molecule has 0 fully saturated rings. The quantitative estimate of drug-likeness (QED) is 0.297. The molecule has 1 aromatic carbocycles. The highest BCUT2D eigenvalue weighted by Crippen LogP contribution is 2.36. The summed E-state index contributed by atoms with van der Waals surface area (Å²) in [5.74, 6) is 0. The Morgan fingerprint density at radius 1 is 1.15 bits per heavy atom. The van der Waals surface area contributed by atoms with Crippen molar-refractivity contribution in [3.63, 3.8) is 0 Å². The molecule has 5 N–H and O–H groups in total. The van der Waals surface area contributed by atoms with E-state index in [0.29, 0.717) is 12.1 Å². The van der Waals surface area contributed by atoms with Gasteiger partial charge in [-0.3, -0.25) is 10.1 Å². The molecule has 148 valence electrons. The molecule has 0 aliphatic heterocycles. The predicted molar refractivity (Wildman–Crippen MR) is 82.5 cm³/mol. The second kappa shape index (κ2) is 8.60. The van der Waals surface area contributed by atoms with Crippen LogP contribution in [0.3, 0.4) is 0 Å². The Hall–Kier alpha value is -1.99. The Bertz CT molecular complexity index is 629. The number of aliphatic hydroxyl groups is 5. The summed E-state index contributed by atoms with van der Waals surface area (Å²) in [6.07, 6.45) is -12.0. The Labute approximate surface area is 145 Å². The molecule has 0 unspecified atom stereocenters. The van der Waals surface area contributed by atoms with Crippen LogP contribution in [0.25, 0.3) is 0 Å². The lowest BCUT2D eigenvalue weighted by atomic mass is 10.0. The SMILES string of the molecule is CN(C[C@H](O)[C@H](O)[C@@H](O)[C@@H](O)CO)c1ccc(C(F)(F)F)cc1[N+](=O)[O-]. The van der Waals surface area contributed by atoms with Crippen LogP contribution in [0.15, 0.2) is 18.2 Å². The summed E-state index contributed by atoms with van der Waals surface area (Å²) < 4.78 is 38.1. The number of hydrogen-bond acceptors (Lipinski definition) is 8. The molecular weight excluding hydrogens is 365 g/mol. The number of benzene rings is 1. The molecule has 0 aromatic heterocycles. The second-order valence-electron chi connectivity index (χ2n) is 5.64. The van der Waals surface area contributed by atoms with E-state index in [1.165, 1.54) is 7.05 Å². The van der Waals surface area contributed by atoms with Crippen molar-refractivity contribution in [3.05, 3.63) is 33.9 Å². The van der Waals surface area contributed by atoms with Crippen LogP contribution in [0.5, 0.6) is 0 Å². The first kappa shape index (κ1) is 22.1. The molecule has 1 rings (SSSR count). The maximum absolute atomic E-state index is 12.7. The fourth-order valence-corrected chi connectivity index (χ4v) is 2.22. The van der Waals surface area contributed by atoms with Crippen LogP contribution < -0.4 is 4.90 Å². The van der Waals surface area contributed by atoms with Gasteiger partial charge in [-0.2, -0.15) is 13.2 Å². The molecule has 0 heterocycles. The predicted octanol–water partition coefficient (Wildman–Crippen LogP) is -0.514. The van der Waals surface area contributed by atoms with E-state index in [-0.39, 0.29) is 5.69 Å². The summed E-state index contributed by atoms with van der Waals surface area (Å²) in [6.45, 7) is -1.40. The lowest BCUT2D eigenvalue weighted by Crippen LogP contribution is -2.49. The Morgan fingerprint density at radius 2 is 1.69 bits per heavy atom. The topological polar surface area (TPSA) is 148 Å². The first-order chi connectivity index (χ1) is 11.9. The van der Waals surface area contributed by atoms with Gasteiger partial charge in [0.2, 0.25) is 0 Å². The highest BCUT2D eigenvalue weighted by molar-refractivity contribution is 5.64. The lowest BCUT2D eigenvalue weighted by Gasteiger charge is -2.29. The normalized spacial score (nSPS) is 16.7. The molecule has 12 heteroatoms. The average Bonchev–Trinajstić information content (AvgIpc) is 2.57. The minimum atomic E-state index is -4.78. The van der Waals surface area contributed by atoms with Gasteiger partial charge in [0.25, 0.3) is 5.69 Å². The van der Waals surface area contributed by atoms with Crippen molar-refractivity contribution in [2.45, 2.75) is 30.6 Å². The number of rotatable bonds is 8. The third kappa shape index (κ3) is 5.25. The summed E-state index contributed by atoms with van der Waals surface area (Å²) in [6, 6.07) is 1.82. The first-order valence-corrected chi connectivity index (χ1v) is 7.30. The van der Waals surface area contributed by atoms with Gasteiger partial charge >= 0.3 is 6.18 Å². The lowest BCUT2D eigenvalue weighted by molar-refractivity contribution is -0.384. The third-order valence-electron chi connectivity index (χ3n) is 3.70. The minimum absolute atomic E-state index is 0.258. The molecule has 0 spiro atoms. The number of halogens is 3. The molecule has 0 saturated heterocycles. The minimum Gasteiger partial charge on any atom is -0.394 e. The van der Waals surface area contributed by atoms with Gasteiger partial charge in [0.15, 0.2) is 0 Å². The number of nitro benzene ring substituents is 1. The van der Waals surface area contributed by atoms with Gasteiger partial charge in [0.05, 0.1) is 23.2 Å². The van der Waals surface area contributed by atoms with Crippen molar-refractivity contribution in [1.29, 1.82) is 0 Å². The van der Waals surface area contributed by atoms with Gasteiger partial charge in [-0.05, 0) is 12.1 Å². The summed E-state index contributed by atoms with van der Waals surface area (Å²) in [4.78, 5) is 11.1. The average molecular weight is 384 g/mol. The molecule has 4 atom stereocenters. The zero-order valence-corrected chi connectivity index (χ0v) is 13.5. The van der Waals surface area contributed by atoms with Gasteiger partial charge in [-0.25, -0.2) is 0 Å². The highest BCUT2D eigenvalue weighted by Gasteiger charge is 2.35. The van der Waals surface area contributed by atoms with Crippen LogP contribution in [-0.2, 0) is 6.18 Å². The van der Waals surface area contributed by atoms with Crippen molar-refractivity contribution in [1.82, 2.24) is 0 Å². The van der Waals surface area contributed by atoms with E-state index in [1.54, 1.807) is 0 Å². The number of nitro groups is 1. The summed E-state index contributed by atoms with van der Waals surface area (Å²) in [7, 11) is 1.22. The van der Waals surface area contributed by atoms with Gasteiger partial charge in [0, 0.05) is 19.7 Å². The summed E-state index contributed by atoms with van der Waals surface area (Å²) in [5.41, 5.74) is -2.34. The third-order valence-corrected chi connectivity index (χ3v) is 3.70. The van der Waals surface area contributed by atoms with Crippen LogP contribution in [0, 0.1) is 10.1 Å². The number of anilines is 1. The van der Waals surface area contributed by atoms with Crippen LogP contribution in [0.1, 0.15) is 5.56 Å². The van der Waals surface area contributed by atoms with E-state index in [4.69, 9.17) is 5.11 Å². The van der Waals surface area contributed by atoms with Crippen molar-refractivity contribution >= 4 is 11.4 Å². The van der Waals surface area contributed by atoms with Crippen molar-refractivity contribution in [2.24, 2.45) is 0 Å². The molecule has 0 amide bonds. The Kier molecular flexibility index (Phi) is 7.29. The molecule has 26 heavy (non-hydrogen) atoms. The molecule has 0 saturated carbocycles. The number of alkyl halides is 3. The Balaban J connectivity index is 3.02. The molecule has 1 aromatic rings. The van der Waals surface area contributed by atoms with Gasteiger partial charge in [0.1, 0.15) is 24.0 Å². The maximum atomic E-state index is 12.7. The fraction of sp³-hybridized carbons (Fsp3) is 0.571. The van der Waals surface area contributed by atoms with Crippen molar-refractivity contribution in [3.8, 4) is 0 Å². The summed E-state index contributed by atoms with van der Waals surface area (Å²) in [5, 5.41) is 58.2. The molecular formula is C14H19F3N2O7. The van der Waals surface area contributed by atoms with E-state index in [9.17, 15) is 43.7 Å². The van der Waals surface area contributed by atoms with E-state index < -0.39 is 59.9 Å². The van der Waals surface area contributed by atoms with Crippen LogP contribution >= 0.6 is 0 Å². The summed E-state index contributed by atoms with van der Waals surface area (Å²) >= 11 is 0. The molecule has 0 bridgehead atoms. The van der Waals surface area contributed by atoms with Gasteiger partial charge in [-0.15, -0.1) is 0 Å². The van der Waals surface area contributed by atoms with Gasteiger partial charge in [-0.1, -0.05) is 0 Å². The number of hydrogen-bond donors (Lipinski definition) is 5. The largest absolute Gasteiger partial charge is 0.416 e. The molecule has 0 aliphatic carbocycles. The molecule has 0 radical (unpaired) electrons. The van der Waals surface area contributed by atoms with E-state index in [2.05, 4.69) is 0 Å². The maximum Gasteiger partial charge on any atom is 0.416 e. The first-order valence-electron chi connectivity index (χ1n) is 7.30. The zero-order chi connectivity index (χ0) is 20.2. The van der Waals surface area contributed by atoms with Crippen LogP contribution in [0.2, 0.25) is 0 Å². The monoisotopic (exact) mass is 384 g/mol. The smallest absolute Gasteiger partial charge is 0.394 e. The number of aliphatic hydroxyl groups excluding tert-OH is 5. The second-order valence-corrected chi connectivity index (χ2v) is 5.64. The molecule has 9 nitrogen and oxygen atoms in total. The van der Waals surface area contributed by atoms with E-state index >= 15 is 0 Å².